The lowest BCUT2D eigenvalue weighted by atomic mass is 10.1. The van der Waals surface area contributed by atoms with Gasteiger partial charge in [-0.25, -0.2) is 4.79 Å². The summed E-state index contributed by atoms with van der Waals surface area (Å²) < 4.78 is 5.37. The predicted octanol–water partition coefficient (Wildman–Crippen LogP) is 1.85. The summed E-state index contributed by atoms with van der Waals surface area (Å²) in [5, 5.41) is 3.28. The van der Waals surface area contributed by atoms with E-state index in [4.69, 9.17) is 4.74 Å². The van der Waals surface area contributed by atoms with Crippen LogP contribution in [-0.4, -0.2) is 42.3 Å². The van der Waals surface area contributed by atoms with Gasteiger partial charge in [0.25, 0.3) is 0 Å². The topological polar surface area (TPSA) is 41.6 Å². The number of hydrogen-bond acceptors (Lipinski definition) is 3. The molecule has 0 aromatic carbocycles. The molecule has 0 saturated carbocycles. The van der Waals surface area contributed by atoms with Gasteiger partial charge in [0.05, 0.1) is 0 Å². The molecule has 1 rings (SSSR count). The average Bonchev–Trinajstić information content (AvgIpc) is 2.15. The lowest BCUT2D eigenvalue weighted by Crippen LogP contribution is -2.54. The van der Waals surface area contributed by atoms with Crippen LogP contribution in [0.15, 0.2) is 0 Å². The fourth-order valence-corrected chi connectivity index (χ4v) is 1.69. The van der Waals surface area contributed by atoms with Crippen LogP contribution < -0.4 is 5.32 Å². The van der Waals surface area contributed by atoms with Crippen molar-refractivity contribution in [3.05, 3.63) is 0 Å². The van der Waals surface area contributed by atoms with E-state index < -0.39 is 5.60 Å². The Labute approximate surface area is 93.5 Å². The zero-order valence-corrected chi connectivity index (χ0v) is 10.2. The number of nitrogens with one attached hydrogen (secondary N) is 1. The highest BCUT2D eigenvalue weighted by Gasteiger charge is 2.28. The van der Waals surface area contributed by atoms with E-state index in [2.05, 4.69) is 12.2 Å². The van der Waals surface area contributed by atoms with Gasteiger partial charge in [0.2, 0.25) is 0 Å². The van der Waals surface area contributed by atoms with Crippen molar-refractivity contribution in [1.82, 2.24) is 10.2 Å². The molecule has 1 aliphatic heterocycles. The summed E-state index contributed by atoms with van der Waals surface area (Å²) in [6, 6.07) is 0.272. The molecule has 1 amide bonds. The first-order chi connectivity index (χ1) is 6.94. The minimum atomic E-state index is -0.403. The van der Waals surface area contributed by atoms with Crippen LogP contribution in [0.4, 0.5) is 4.79 Å². The summed E-state index contributed by atoms with van der Waals surface area (Å²) in [6.45, 7) is 10.3. The molecule has 1 fully saturated rings. The SMILES string of the molecule is CC[C@H]1CNCCN1C(=O)OC(C)(C)C.[HH]. The van der Waals surface area contributed by atoms with Crippen LogP contribution in [0, 0.1) is 0 Å². The largest absolute Gasteiger partial charge is 0.444 e. The van der Waals surface area contributed by atoms with Gasteiger partial charge in [-0.15, -0.1) is 0 Å². The molecule has 4 heteroatoms. The van der Waals surface area contributed by atoms with Gasteiger partial charge >= 0.3 is 6.09 Å². The molecule has 0 bridgehead atoms. The molecule has 1 atom stereocenters. The molecule has 0 aliphatic carbocycles. The Kier molecular flexibility index (Phi) is 3.97. The van der Waals surface area contributed by atoms with Crippen molar-refractivity contribution in [1.29, 1.82) is 0 Å². The van der Waals surface area contributed by atoms with Gasteiger partial charge in [-0.2, -0.15) is 0 Å². The summed E-state index contributed by atoms with van der Waals surface area (Å²) >= 11 is 0. The maximum absolute atomic E-state index is 11.9. The van der Waals surface area contributed by atoms with E-state index >= 15 is 0 Å². The van der Waals surface area contributed by atoms with E-state index in [9.17, 15) is 4.79 Å². The summed E-state index contributed by atoms with van der Waals surface area (Å²) in [7, 11) is 0. The van der Waals surface area contributed by atoms with Gasteiger partial charge in [-0.3, -0.25) is 0 Å². The lowest BCUT2D eigenvalue weighted by Gasteiger charge is -2.36. The number of carbonyl (C=O) groups excluding carboxylic acids is 1. The second-order valence-electron chi connectivity index (χ2n) is 4.94. The highest BCUT2D eigenvalue weighted by molar-refractivity contribution is 5.68. The molecule has 0 radical (unpaired) electrons. The Morgan fingerprint density at radius 2 is 2.27 bits per heavy atom. The highest BCUT2D eigenvalue weighted by atomic mass is 16.6. The van der Waals surface area contributed by atoms with Crippen LogP contribution in [0.25, 0.3) is 0 Å². The third-order valence-corrected chi connectivity index (χ3v) is 2.45. The quantitative estimate of drug-likeness (QED) is 0.727. The number of hydrogen-bond donors (Lipinski definition) is 1. The van der Waals surface area contributed by atoms with Crippen molar-refractivity contribution in [2.75, 3.05) is 19.6 Å². The van der Waals surface area contributed by atoms with E-state index in [0.717, 1.165) is 26.1 Å². The predicted molar refractivity (Wildman–Crippen MR) is 62.0 cm³/mol. The zero-order chi connectivity index (χ0) is 11.5. The van der Waals surface area contributed by atoms with Gasteiger partial charge in [0, 0.05) is 27.1 Å². The molecular weight excluding hydrogens is 192 g/mol. The van der Waals surface area contributed by atoms with E-state index in [1.165, 1.54) is 0 Å². The van der Waals surface area contributed by atoms with E-state index in [-0.39, 0.29) is 13.6 Å². The maximum atomic E-state index is 11.9. The molecule has 1 N–H and O–H groups in total. The zero-order valence-electron chi connectivity index (χ0n) is 10.2. The fourth-order valence-electron chi connectivity index (χ4n) is 1.69. The third-order valence-electron chi connectivity index (χ3n) is 2.45. The second-order valence-corrected chi connectivity index (χ2v) is 4.94. The van der Waals surface area contributed by atoms with Gasteiger partial charge in [-0.1, -0.05) is 6.92 Å². The third kappa shape index (κ3) is 3.70. The molecule has 1 saturated heterocycles. The van der Waals surface area contributed by atoms with E-state index in [0.29, 0.717) is 0 Å². The minimum Gasteiger partial charge on any atom is -0.444 e. The molecule has 1 heterocycles. The number of piperazine rings is 1. The molecule has 4 nitrogen and oxygen atoms in total. The first kappa shape index (κ1) is 12.3. The summed E-state index contributed by atoms with van der Waals surface area (Å²) in [5.41, 5.74) is -0.403. The van der Waals surface area contributed by atoms with Crippen molar-refractivity contribution in [2.45, 2.75) is 45.8 Å². The van der Waals surface area contributed by atoms with Crippen molar-refractivity contribution in [2.24, 2.45) is 0 Å². The smallest absolute Gasteiger partial charge is 0.410 e. The Morgan fingerprint density at radius 3 is 2.80 bits per heavy atom. The maximum Gasteiger partial charge on any atom is 0.410 e. The molecule has 15 heavy (non-hydrogen) atoms. The first-order valence-corrected chi connectivity index (χ1v) is 5.64. The van der Waals surface area contributed by atoms with Crippen molar-refractivity contribution in [3.8, 4) is 0 Å². The van der Waals surface area contributed by atoms with E-state index in [1.54, 1.807) is 0 Å². The summed E-state index contributed by atoms with van der Waals surface area (Å²) in [5.74, 6) is 0. The van der Waals surface area contributed by atoms with Gasteiger partial charge in [0.1, 0.15) is 5.60 Å². The van der Waals surface area contributed by atoms with Crippen molar-refractivity contribution >= 4 is 6.09 Å². The minimum absolute atomic E-state index is 0. The number of nitrogens with zero attached hydrogens (tertiary/aromatic N) is 1. The number of rotatable bonds is 1. The van der Waals surface area contributed by atoms with E-state index in [1.807, 2.05) is 25.7 Å². The fraction of sp³-hybridized carbons (Fsp3) is 0.909. The van der Waals surface area contributed by atoms with Crippen molar-refractivity contribution < 1.29 is 11.0 Å². The first-order valence-electron chi connectivity index (χ1n) is 5.64. The Balaban J connectivity index is 0.00000225. The van der Waals surface area contributed by atoms with Crippen LogP contribution >= 0.6 is 0 Å². The molecule has 0 aromatic heterocycles. The number of carbonyl (C=O) groups is 1. The molecule has 1 aliphatic rings. The molecular formula is C11H24N2O2. The van der Waals surface area contributed by atoms with Crippen LogP contribution in [0.2, 0.25) is 0 Å². The number of amides is 1. The Bertz CT molecular complexity index is 229. The van der Waals surface area contributed by atoms with Crippen LogP contribution in [0.3, 0.4) is 0 Å². The van der Waals surface area contributed by atoms with Crippen LogP contribution in [0.1, 0.15) is 35.5 Å². The Morgan fingerprint density at radius 1 is 1.60 bits per heavy atom. The Hall–Kier alpha value is -0.770. The average molecular weight is 216 g/mol. The number of ether oxygens (including phenoxy) is 1. The standard InChI is InChI=1S/C11H22N2O2.H2/c1-5-9-8-12-6-7-13(9)10(14)15-11(2,3)4;/h9,12H,5-8H2,1-4H3;1H/t9-;/m0./s1. The monoisotopic (exact) mass is 216 g/mol. The van der Waals surface area contributed by atoms with Crippen LogP contribution in [0.5, 0.6) is 0 Å². The molecule has 0 unspecified atom stereocenters. The van der Waals surface area contributed by atoms with Gasteiger partial charge in [0.15, 0.2) is 0 Å². The molecule has 0 aromatic rings. The molecule has 0 spiro atoms. The summed E-state index contributed by atoms with van der Waals surface area (Å²) in [6.07, 6.45) is 0.780. The highest BCUT2D eigenvalue weighted by Crippen LogP contribution is 2.14. The van der Waals surface area contributed by atoms with Gasteiger partial charge in [-0.05, 0) is 27.2 Å². The van der Waals surface area contributed by atoms with Gasteiger partial charge < -0.3 is 15.0 Å². The normalized spacial score (nSPS) is 22.7. The lowest BCUT2D eigenvalue weighted by molar-refractivity contribution is 0.0117. The summed E-state index contributed by atoms with van der Waals surface area (Å²) in [4.78, 5) is 13.7. The second kappa shape index (κ2) is 4.84. The van der Waals surface area contributed by atoms with Crippen molar-refractivity contribution in [3.63, 3.8) is 0 Å². The van der Waals surface area contributed by atoms with Crippen LogP contribution in [-0.2, 0) is 4.74 Å². The molecule has 90 valence electrons.